The van der Waals surface area contributed by atoms with Crippen LogP contribution in [0, 0.1) is 10.1 Å². The summed E-state index contributed by atoms with van der Waals surface area (Å²) in [6.07, 6.45) is 2.67. The van der Waals surface area contributed by atoms with E-state index in [-0.39, 0.29) is 16.4 Å². The highest BCUT2D eigenvalue weighted by atomic mass is 35.5. The summed E-state index contributed by atoms with van der Waals surface area (Å²) in [6.45, 7) is 1.71. The highest BCUT2D eigenvalue weighted by Crippen LogP contribution is 2.27. The molecule has 1 N–H and O–H groups in total. The van der Waals surface area contributed by atoms with Crippen molar-refractivity contribution in [3.63, 3.8) is 0 Å². The lowest BCUT2D eigenvalue weighted by Crippen LogP contribution is -2.20. The number of hydrogen-bond donors (Lipinski definition) is 1. The highest BCUT2D eigenvalue weighted by molar-refractivity contribution is 6.31. The number of esters is 1. The molecule has 0 saturated heterocycles. The zero-order valence-electron chi connectivity index (χ0n) is 14.9. The van der Waals surface area contributed by atoms with Crippen LogP contribution in [-0.4, -0.2) is 30.0 Å². The van der Waals surface area contributed by atoms with Gasteiger partial charge in [0, 0.05) is 22.7 Å². The number of carbonyl (C=O) groups excluding carboxylic acids is 2. The van der Waals surface area contributed by atoms with Crippen molar-refractivity contribution < 1.29 is 24.0 Å². The smallest absolute Gasteiger partial charge is 0.331 e. The maximum atomic E-state index is 11.9. The fraction of sp³-hybridized carbons (Fsp3) is 0.158. The topological polar surface area (TPSA) is 108 Å². The number of carbonyl (C=O) groups is 2. The first-order chi connectivity index (χ1) is 13.4. The van der Waals surface area contributed by atoms with Crippen LogP contribution in [0.1, 0.15) is 12.5 Å². The summed E-state index contributed by atoms with van der Waals surface area (Å²) in [7, 11) is 0. The molecule has 0 fully saturated rings. The number of amides is 1. The van der Waals surface area contributed by atoms with Gasteiger partial charge in [-0.15, -0.1) is 0 Å². The minimum atomic E-state index is -0.748. The Kier molecular flexibility index (Phi) is 7.53. The van der Waals surface area contributed by atoms with Crippen LogP contribution in [0.15, 0.2) is 48.5 Å². The number of nitro groups is 1. The summed E-state index contributed by atoms with van der Waals surface area (Å²) in [5.74, 6) is -0.871. The predicted molar refractivity (Wildman–Crippen MR) is 104 cm³/mol. The molecule has 28 heavy (non-hydrogen) atoms. The van der Waals surface area contributed by atoms with Crippen LogP contribution in [0.4, 0.5) is 11.4 Å². The second kappa shape index (κ2) is 10.1. The molecular formula is C19H17ClN2O6. The van der Waals surface area contributed by atoms with Gasteiger partial charge in [0.25, 0.3) is 11.6 Å². The van der Waals surface area contributed by atoms with Crippen molar-refractivity contribution in [3.05, 3.63) is 69.2 Å². The Labute approximate surface area is 165 Å². The van der Waals surface area contributed by atoms with Crippen LogP contribution < -0.4 is 10.1 Å². The normalized spacial score (nSPS) is 10.5. The van der Waals surface area contributed by atoms with Crippen LogP contribution in [-0.2, 0) is 14.3 Å². The molecule has 146 valence electrons. The van der Waals surface area contributed by atoms with E-state index in [1.807, 2.05) is 6.92 Å². The third-order valence-corrected chi connectivity index (χ3v) is 3.63. The van der Waals surface area contributed by atoms with Gasteiger partial charge in [0.05, 0.1) is 11.5 Å². The summed E-state index contributed by atoms with van der Waals surface area (Å²) in [4.78, 5) is 34.1. The Hall–Kier alpha value is -3.39. The Morgan fingerprint density at radius 1 is 1.25 bits per heavy atom. The van der Waals surface area contributed by atoms with Gasteiger partial charge in [-0.2, -0.15) is 0 Å². The molecule has 0 spiro atoms. The second-order valence-corrected chi connectivity index (χ2v) is 5.82. The molecule has 0 aliphatic rings. The number of para-hydroxylation sites is 1. The van der Waals surface area contributed by atoms with Gasteiger partial charge in [0.2, 0.25) is 0 Å². The first kappa shape index (κ1) is 20.9. The molecule has 9 heteroatoms. The molecule has 2 rings (SSSR count). The van der Waals surface area contributed by atoms with Gasteiger partial charge < -0.3 is 14.8 Å². The summed E-state index contributed by atoms with van der Waals surface area (Å²) in [5, 5.41) is 13.5. The van der Waals surface area contributed by atoms with E-state index >= 15 is 0 Å². The molecule has 0 bridgehead atoms. The molecule has 8 nitrogen and oxygen atoms in total. The molecule has 0 aliphatic heterocycles. The number of nitrogens with one attached hydrogen (secondary N) is 1. The van der Waals surface area contributed by atoms with Crippen LogP contribution >= 0.6 is 11.6 Å². The van der Waals surface area contributed by atoms with Gasteiger partial charge >= 0.3 is 5.97 Å². The van der Waals surface area contributed by atoms with Gasteiger partial charge in [-0.1, -0.05) is 29.8 Å². The van der Waals surface area contributed by atoms with Crippen molar-refractivity contribution in [2.45, 2.75) is 6.92 Å². The summed E-state index contributed by atoms with van der Waals surface area (Å²) in [6, 6.07) is 10.9. The fourth-order valence-corrected chi connectivity index (χ4v) is 2.37. The molecule has 0 saturated carbocycles. The molecule has 2 aromatic rings. The number of anilines is 1. The fourth-order valence-electron chi connectivity index (χ4n) is 2.20. The van der Waals surface area contributed by atoms with E-state index in [2.05, 4.69) is 5.32 Å². The minimum absolute atomic E-state index is 0.0836. The molecule has 1 amide bonds. The third kappa shape index (κ3) is 6.10. The highest BCUT2D eigenvalue weighted by Gasteiger charge is 2.16. The lowest BCUT2D eigenvalue weighted by Gasteiger charge is -2.07. The van der Waals surface area contributed by atoms with Gasteiger partial charge in [0.15, 0.2) is 6.61 Å². The van der Waals surface area contributed by atoms with Gasteiger partial charge in [0.1, 0.15) is 11.4 Å². The number of ether oxygens (including phenoxy) is 2. The van der Waals surface area contributed by atoms with Crippen molar-refractivity contribution in [3.8, 4) is 5.75 Å². The molecule has 0 unspecified atom stereocenters. The average Bonchev–Trinajstić information content (AvgIpc) is 2.65. The van der Waals surface area contributed by atoms with E-state index in [1.54, 1.807) is 24.3 Å². The van der Waals surface area contributed by atoms with Crippen LogP contribution in [0.2, 0.25) is 5.02 Å². The monoisotopic (exact) mass is 404 g/mol. The number of hydrogen-bond acceptors (Lipinski definition) is 6. The first-order valence-corrected chi connectivity index (χ1v) is 8.59. The minimum Gasteiger partial charge on any atom is -0.493 e. The first-order valence-electron chi connectivity index (χ1n) is 8.21. The number of nitrogens with zero attached hydrogens (tertiary/aromatic N) is 1. The molecule has 0 heterocycles. The van der Waals surface area contributed by atoms with Crippen molar-refractivity contribution in [2.75, 3.05) is 18.5 Å². The maximum absolute atomic E-state index is 11.9. The number of halogens is 1. The number of benzene rings is 2. The van der Waals surface area contributed by atoms with Crippen LogP contribution in [0.3, 0.4) is 0 Å². The number of rotatable bonds is 8. The van der Waals surface area contributed by atoms with E-state index in [9.17, 15) is 19.7 Å². The Bertz CT molecular complexity index is 913. The van der Waals surface area contributed by atoms with E-state index < -0.39 is 23.4 Å². The molecule has 0 radical (unpaired) electrons. The van der Waals surface area contributed by atoms with Crippen LogP contribution in [0.25, 0.3) is 6.08 Å². The van der Waals surface area contributed by atoms with Crippen molar-refractivity contribution >= 4 is 40.9 Å². The lowest BCUT2D eigenvalue weighted by atomic mass is 10.2. The van der Waals surface area contributed by atoms with Crippen molar-refractivity contribution in [1.29, 1.82) is 0 Å². The second-order valence-electron chi connectivity index (χ2n) is 5.38. The zero-order valence-corrected chi connectivity index (χ0v) is 15.6. The molecular weight excluding hydrogens is 388 g/mol. The van der Waals surface area contributed by atoms with Crippen molar-refractivity contribution in [1.82, 2.24) is 0 Å². The Morgan fingerprint density at radius 3 is 2.71 bits per heavy atom. The van der Waals surface area contributed by atoms with E-state index in [1.165, 1.54) is 24.3 Å². The molecule has 0 aromatic heterocycles. The molecule has 0 atom stereocenters. The standard InChI is InChI=1S/C19H17ClN2O6/c1-2-27-17-6-4-3-5-13(17)7-10-19(24)28-12-18(23)21-15-11-14(20)8-9-16(15)22(25)26/h3-11H,2,12H2,1H3,(H,21,23)/b10-7+. The summed E-state index contributed by atoms with van der Waals surface area (Å²) in [5.41, 5.74) is 0.275. The van der Waals surface area contributed by atoms with Crippen molar-refractivity contribution in [2.24, 2.45) is 0 Å². The number of nitro benzene ring substituents is 1. The maximum Gasteiger partial charge on any atom is 0.331 e. The van der Waals surface area contributed by atoms with E-state index in [4.69, 9.17) is 21.1 Å². The van der Waals surface area contributed by atoms with Gasteiger partial charge in [-0.3, -0.25) is 14.9 Å². The van der Waals surface area contributed by atoms with E-state index in [0.717, 1.165) is 6.08 Å². The molecule has 0 aliphatic carbocycles. The SMILES string of the molecule is CCOc1ccccc1/C=C/C(=O)OCC(=O)Nc1cc(Cl)ccc1[N+](=O)[O-]. The Morgan fingerprint density at radius 2 is 2.00 bits per heavy atom. The molecule has 2 aromatic carbocycles. The zero-order chi connectivity index (χ0) is 20.5. The predicted octanol–water partition coefficient (Wildman–Crippen LogP) is 3.84. The lowest BCUT2D eigenvalue weighted by molar-refractivity contribution is -0.383. The van der Waals surface area contributed by atoms with Gasteiger partial charge in [-0.25, -0.2) is 4.79 Å². The Balaban J connectivity index is 1.94. The third-order valence-electron chi connectivity index (χ3n) is 3.39. The van der Waals surface area contributed by atoms with E-state index in [0.29, 0.717) is 17.9 Å². The van der Waals surface area contributed by atoms with Crippen LogP contribution in [0.5, 0.6) is 5.75 Å². The average molecular weight is 405 g/mol. The van der Waals surface area contributed by atoms with Gasteiger partial charge in [-0.05, 0) is 31.2 Å². The summed E-state index contributed by atoms with van der Waals surface area (Å²) >= 11 is 5.79. The largest absolute Gasteiger partial charge is 0.493 e. The summed E-state index contributed by atoms with van der Waals surface area (Å²) < 4.78 is 10.3. The quantitative estimate of drug-likeness (QED) is 0.310.